The van der Waals surface area contributed by atoms with Crippen LogP contribution in [-0.2, 0) is 17.8 Å². The molecule has 2 rings (SSSR count). The zero-order valence-electron chi connectivity index (χ0n) is 13.1. The van der Waals surface area contributed by atoms with Crippen molar-refractivity contribution in [2.24, 2.45) is 5.41 Å². The van der Waals surface area contributed by atoms with Crippen LogP contribution in [0.3, 0.4) is 0 Å². The Labute approximate surface area is 126 Å². The maximum absolute atomic E-state index is 12.2. The first-order chi connectivity index (χ1) is 9.85. The molecule has 0 aromatic heterocycles. The van der Waals surface area contributed by atoms with Crippen LogP contribution >= 0.6 is 0 Å². The van der Waals surface area contributed by atoms with Gasteiger partial charge in [0.25, 0.3) is 0 Å². The molecule has 116 valence electrons. The number of benzene rings is 1. The van der Waals surface area contributed by atoms with Gasteiger partial charge >= 0.3 is 0 Å². The summed E-state index contributed by atoms with van der Waals surface area (Å²) in [7, 11) is 0. The van der Waals surface area contributed by atoms with Crippen molar-refractivity contribution in [3.8, 4) is 0 Å². The van der Waals surface area contributed by atoms with E-state index in [1.54, 1.807) is 0 Å². The average molecular weight is 290 g/mol. The summed E-state index contributed by atoms with van der Waals surface area (Å²) in [5, 5.41) is 16.1. The van der Waals surface area contributed by atoms with Crippen molar-refractivity contribution in [1.29, 1.82) is 0 Å². The fourth-order valence-electron chi connectivity index (χ4n) is 2.76. The highest BCUT2D eigenvalue weighted by atomic mass is 16.3. The fraction of sp³-hybridized carbons (Fsp3) is 0.588. The van der Waals surface area contributed by atoms with E-state index in [4.69, 9.17) is 0 Å². The molecular formula is C17H26N2O2. The Morgan fingerprint density at radius 2 is 2.05 bits per heavy atom. The van der Waals surface area contributed by atoms with Crippen LogP contribution in [0.15, 0.2) is 24.3 Å². The van der Waals surface area contributed by atoms with Gasteiger partial charge in [0, 0.05) is 13.1 Å². The minimum atomic E-state index is -0.496. The van der Waals surface area contributed by atoms with Crippen molar-refractivity contribution >= 4 is 5.91 Å². The van der Waals surface area contributed by atoms with E-state index in [0.717, 1.165) is 6.54 Å². The topological polar surface area (TPSA) is 61.4 Å². The highest BCUT2D eigenvalue weighted by Crippen LogP contribution is 2.20. The van der Waals surface area contributed by atoms with Gasteiger partial charge in [-0.15, -0.1) is 0 Å². The van der Waals surface area contributed by atoms with E-state index < -0.39 is 6.10 Å². The van der Waals surface area contributed by atoms with Gasteiger partial charge in [-0.1, -0.05) is 45.0 Å². The van der Waals surface area contributed by atoms with E-state index >= 15 is 0 Å². The van der Waals surface area contributed by atoms with Gasteiger partial charge in [0.1, 0.15) is 0 Å². The molecule has 21 heavy (non-hydrogen) atoms. The van der Waals surface area contributed by atoms with Crippen LogP contribution in [0.4, 0.5) is 0 Å². The number of carbonyl (C=O) groups is 1. The summed E-state index contributed by atoms with van der Waals surface area (Å²) in [6.45, 7) is 7.28. The van der Waals surface area contributed by atoms with Crippen molar-refractivity contribution in [2.45, 2.75) is 52.3 Å². The molecule has 0 bridgehead atoms. The lowest BCUT2D eigenvalue weighted by molar-refractivity contribution is -0.123. The van der Waals surface area contributed by atoms with Crippen molar-refractivity contribution in [2.75, 3.05) is 6.54 Å². The predicted octanol–water partition coefficient (Wildman–Crippen LogP) is 1.61. The number of carbonyl (C=O) groups excluding carboxylic acids is 1. The minimum absolute atomic E-state index is 0.0301. The molecule has 4 nitrogen and oxygen atoms in total. The molecule has 4 heteroatoms. The number of aliphatic hydroxyl groups is 1. The largest absolute Gasteiger partial charge is 0.391 e. The number of fused-ring (bicyclic) bond motifs is 1. The number of rotatable bonds is 4. The molecule has 3 N–H and O–H groups in total. The Kier molecular flexibility index (Phi) is 5.01. The van der Waals surface area contributed by atoms with Crippen LogP contribution in [0.5, 0.6) is 0 Å². The van der Waals surface area contributed by atoms with E-state index in [9.17, 15) is 9.90 Å². The van der Waals surface area contributed by atoms with Gasteiger partial charge in [0.2, 0.25) is 5.91 Å². The Morgan fingerprint density at radius 1 is 1.38 bits per heavy atom. The van der Waals surface area contributed by atoms with Crippen molar-refractivity contribution in [3.05, 3.63) is 35.4 Å². The summed E-state index contributed by atoms with van der Waals surface area (Å²) in [5.41, 5.74) is 2.55. The van der Waals surface area contributed by atoms with Crippen LogP contribution in [0.25, 0.3) is 0 Å². The van der Waals surface area contributed by atoms with E-state index in [-0.39, 0.29) is 17.4 Å². The maximum Gasteiger partial charge on any atom is 0.237 e. The maximum atomic E-state index is 12.2. The molecule has 1 heterocycles. The molecule has 1 aromatic rings. The summed E-state index contributed by atoms with van der Waals surface area (Å²) in [4.78, 5) is 12.2. The van der Waals surface area contributed by atoms with Crippen LogP contribution in [-0.4, -0.2) is 29.7 Å². The van der Waals surface area contributed by atoms with Gasteiger partial charge in [-0.2, -0.15) is 0 Å². The molecule has 1 aliphatic rings. The van der Waals surface area contributed by atoms with Crippen molar-refractivity contribution in [1.82, 2.24) is 10.6 Å². The highest BCUT2D eigenvalue weighted by molar-refractivity contribution is 5.82. The molecule has 0 fully saturated rings. The molecule has 0 radical (unpaired) electrons. The average Bonchev–Trinajstić information content (AvgIpc) is 2.42. The third kappa shape index (κ3) is 4.83. The summed E-state index contributed by atoms with van der Waals surface area (Å²) in [6.07, 6.45) is 0.885. The Bertz CT molecular complexity index is 494. The summed E-state index contributed by atoms with van der Waals surface area (Å²) < 4.78 is 0. The fourth-order valence-corrected chi connectivity index (χ4v) is 2.76. The standard InChI is InChI=1S/C17H26N2O2/c1-17(2,3)9-14(20)11-19-16(21)15-8-12-6-4-5-7-13(12)10-18-15/h4-7,14-15,18,20H,8-11H2,1-3H3,(H,19,21)/t14?,15-/m1/s1. The van der Waals surface area contributed by atoms with E-state index in [0.29, 0.717) is 19.4 Å². The first-order valence-corrected chi connectivity index (χ1v) is 7.61. The third-order valence-corrected chi connectivity index (χ3v) is 3.76. The molecule has 1 aromatic carbocycles. The second-order valence-corrected chi connectivity index (χ2v) is 7.07. The van der Waals surface area contributed by atoms with Crippen molar-refractivity contribution in [3.63, 3.8) is 0 Å². The minimum Gasteiger partial charge on any atom is -0.391 e. The SMILES string of the molecule is CC(C)(C)CC(O)CNC(=O)[C@H]1Cc2ccccc2CN1. The first kappa shape index (κ1) is 16.0. The van der Waals surface area contributed by atoms with Crippen LogP contribution in [0, 0.1) is 5.41 Å². The monoisotopic (exact) mass is 290 g/mol. The summed E-state index contributed by atoms with van der Waals surface area (Å²) in [5.74, 6) is -0.0301. The number of nitrogens with one attached hydrogen (secondary N) is 2. The second-order valence-electron chi connectivity index (χ2n) is 7.07. The lowest BCUT2D eigenvalue weighted by atomic mass is 9.89. The Hall–Kier alpha value is -1.39. The van der Waals surface area contributed by atoms with Gasteiger partial charge < -0.3 is 15.7 Å². The zero-order chi connectivity index (χ0) is 15.5. The molecule has 1 aliphatic heterocycles. The summed E-state index contributed by atoms with van der Waals surface area (Å²) in [6, 6.07) is 7.98. The smallest absolute Gasteiger partial charge is 0.237 e. The Morgan fingerprint density at radius 3 is 2.71 bits per heavy atom. The van der Waals surface area contributed by atoms with E-state index in [1.807, 2.05) is 12.1 Å². The lowest BCUT2D eigenvalue weighted by Crippen LogP contribution is -2.49. The quantitative estimate of drug-likeness (QED) is 0.789. The lowest BCUT2D eigenvalue weighted by Gasteiger charge is -2.27. The molecule has 1 unspecified atom stereocenters. The second kappa shape index (κ2) is 6.58. The van der Waals surface area contributed by atoms with Crippen molar-refractivity contribution < 1.29 is 9.90 Å². The van der Waals surface area contributed by atoms with Crippen LogP contribution in [0.2, 0.25) is 0 Å². The van der Waals surface area contributed by atoms with E-state index in [1.165, 1.54) is 11.1 Å². The number of hydrogen-bond acceptors (Lipinski definition) is 3. The van der Waals surface area contributed by atoms with Crippen LogP contribution in [0.1, 0.15) is 38.3 Å². The normalized spacial score (nSPS) is 19.7. The number of hydrogen-bond donors (Lipinski definition) is 3. The highest BCUT2D eigenvalue weighted by Gasteiger charge is 2.24. The van der Waals surface area contributed by atoms with E-state index in [2.05, 4.69) is 43.5 Å². The molecule has 0 spiro atoms. The van der Waals surface area contributed by atoms with Gasteiger partial charge in [-0.05, 0) is 29.4 Å². The van der Waals surface area contributed by atoms with Gasteiger partial charge in [0.15, 0.2) is 0 Å². The van der Waals surface area contributed by atoms with Gasteiger partial charge in [0.05, 0.1) is 12.1 Å². The number of aliphatic hydroxyl groups excluding tert-OH is 1. The molecule has 2 atom stereocenters. The molecule has 0 saturated heterocycles. The van der Waals surface area contributed by atoms with Gasteiger partial charge in [-0.3, -0.25) is 4.79 Å². The molecule has 0 saturated carbocycles. The zero-order valence-corrected chi connectivity index (χ0v) is 13.1. The van der Waals surface area contributed by atoms with Gasteiger partial charge in [-0.25, -0.2) is 0 Å². The number of amides is 1. The third-order valence-electron chi connectivity index (χ3n) is 3.76. The molecule has 0 aliphatic carbocycles. The first-order valence-electron chi connectivity index (χ1n) is 7.61. The molecular weight excluding hydrogens is 264 g/mol. The Balaban J connectivity index is 1.82. The summed E-state index contributed by atoms with van der Waals surface area (Å²) >= 11 is 0. The van der Waals surface area contributed by atoms with Crippen LogP contribution < -0.4 is 10.6 Å². The predicted molar refractivity (Wildman–Crippen MR) is 83.9 cm³/mol. The molecule has 1 amide bonds.